The van der Waals surface area contributed by atoms with Crippen molar-refractivity contribution in [3.63, 3.8) is 0 Å². The largest absolute Gasteiger partial charge is 0.416 e. The molecule has 0 unspecified atom stereocenters. The van der Waals surface area contributed by atoms with Crippen LogP contribution in [-0.4, -0.2) is 51.7 Å². The minimum Gasteiger partial charge on any atom is -0.335 e. The summed E-state index contributed by atoms with van der Waals surface area (Å²) in [4.78, 5) is 16.3. The molecule has 0 atom stereocenters. The number of piperazine rings is 1. The maximum atomic E-state index is 12.8. The van der Waals surface area contributed by atoms with Gasteiger partial charge in [0.25, 0.3) is 5.91 Å². The number of carbonyl (C=O) groups excluding carboxylic acids is 1. The molecule has 26 heavy (non-hydrogen) atoms. The van der Waals surface area contributed by atoms with E-state index < -0.39 is 11.7 Å². The van der Waals surface area contributed by atoms with Crippen molar-refractivity contribution in [1.82, 2.24) is 19.6 Å². The van der Waals surface area contributed by atoms with Gasteiger partial charge in [-0.25, -0.2) is 0 Å². The molecule has 1 aromatic carbocycles. The van der Waals surface area contributed by atoms with E-state index in [2.05, 4.69) is 21.0 Å². The van der Waals surface area contributed by atoms with Gasteiger partial charge in [0.2, 0.25) is 0 Å². The first-order valence-corrected chi connectivity index (χ1v) is 8.90. The predicted molar refractivity (Wildman–Crippen MR) is 93.5 cm³/mol. The number of rotatable bonds is 3. The zero-order valence-electron chi connectivity index (χ0n) is 14.1. The Balaban J connectivity index is 1.59. The molecule has 1 aliphatic rings. The Morgan fingerprint density at radius 1 is 1.23 bits per heavy atom. The number of nitrogens with zero attached hydrogens (tertiary/aromatic N) is 4. The summed E-state index contributed by atoms with van der Waals surface area (Å²) < 4.78 is 40.7. The molecule has 1 amide bonds. The minimum absolute atomic E-state index is 0.142. The summed E-state index contributed by atoms with van der Waals surface area (Å²) >= 11 is 3.33. The van der Waals surface area contributed by atoms with E-state index in [9.17, 15) is 18.0 Å². The number of hydrogen-bond acceptors (Lipinski definition) is 3. The number of halogens is 4. The second kappa shape index (κ2) is 7.40. The van der Waals surface area contributed by atoms with Crippen LogP contribution in [0.5, 0.6) is 0 Å². The zero-order valence-corrected chi connectivity index (χ0v) is 15.7. The molecule has 3 rings (SSSR count). The molecule has 1 aliphatic heterocycles. The van der Waals surface area contributed by atoms with Crippen LogP contribution in [0.4, 0.5) is 13.2 Å². The smallest absolute Gasteiger partial charge is 0.335 e. The van der Waals surface area contributed by atoms with Gasteiger partial charge < -0.3 is 4.90 Å². The van der Waals surface area contributed by atoms with Gasteiger partial charge in [0.15, 0.2) is 5.69 Å². The Morgan fingerprint density at radius 2 is 1.92 bits per heavy atom. The molecule has 2 heterocycles. The molecule has 9 heteroatoms. The third-order valence-corrected chi connectivity index (χ3v) is 4.89. The number of hydrogen-bond donors (Lipinski definition) is 0. The molecule has 1 aromatic heterocycles. The highest BCUT2D eigenvalue weighted by atomic mass is 79.9. The van der Waals surface area contributed by atoms with Gasteiger partial charge in [-0.05, 0) is 27.6 Å². The second-order valence-corrected chi connectivity index (χ2v) is 7.12. The van der Waals surface area contributed by atoms with Gasteiger partial charge in [-0.2, -0.15) is 18.3 Å². The molecule has 2 aromatic rings. The van der Waals surface area contributed by atoms with E-state index in [-0.39, 0.29) is 5.91 Å². The van der Waals surface area contributed by atoms with Crippen molar-refractivity contribution in [3.8, 4) is 0 Å². The molecule has 140 valence electrons. The molecular weight excluding hydrogens is 413 g/mol. The molecule has 0 saturated carbocycles. The van der Waals surface area contributed by atoms with Gasteiger partial charge >= 0.3 is 6.18 Å². The highest BCUT2D eigenvalue weighted by molar-refractivity contribution is 9.10. The maximum Gasteiger partial charge on any atom is 0.416 e. The van der Waals surface area contributed by atoms with Gasteiger partial charge in [0.1, 0.15) is 0 Å². The number of alkyl halides is 3. The zero-order chi connectivity index (χ0) is 18.9. The van der Waals surface area contributed by atoms with E-state index in [1.807, 2.05) is 4.90 Å². The van der Waals surface area contributed by atoms with Gasteiger partial charge in [-0.3, -0.25) is 14.4 Å². The fourth-order valence-corrected chi connectivity index (χ4v) is 3.51. The van der Waals surface area contributed by atoms with Gasteiger partial charge in [-0.15, -0.1) is 0 Å². The Hall–Kier alpha value is -1.87. The number of aryl methyl sites for hydroxylation is 1. The molecule has 0 N–H and O–H groups in total. The third-order valence-electron chi connectivity index (χ3n) is 4.31. The van der Waals surface area contributed by atoms with E-state index in [1.54, 1.807) is 28.9 Å². The van der Waals surface area contributed by atoms with Crippen LogP contribution < -0.4 is 0 Å². The third kappa shape index (κ3) is 4.27. The first-order chi connectivity index (χ1) is 12.2. The van der Waals surface area contributed by atoms with Crippen LogP contribution in [0, 0.1) is 0 Å². The monoisotopic (exact) mass is 430 g/mol. The lowest BCUT2D eigenvalue weighted by molar-refractivity contribution is -0.137. The van der Waals surface area contributed by atoms with Crippen LogP contribution in [-0.2, 0) is 19.8 Å². The maximum absolute atomic E-state index is 12.8. The molecule has 0 radical (unpaired) electrons. The summed E-state index contributed by atoms with van der Waals surface area (Å²) in [6.07, 6.45) is -2.62. The van der Waals surface area contributed by atoms with Gasteiger partial charge in [-0.1, -0.05) is 18.2 Å². The molecular formula is C17H18BrF3N4O. The second-order valence-electron chi connectivity index (χ2n) is 6.27. The summed E-state index contributed by atoms with van der Waals surface area (Å²) in [5.74, 6) is -0.142. The topological polar surface area (TPSA) is 41.4 Å². The minimum atomic E-state index is -4.34. The quantitative estimate of drug-likeness (QED) is 0.750. The number of benzene rings is 1. The van der Waals surface area contributed by atoms with Crippen molar-refractivity contribution in [2.24, 2.45) is 7.05 Å². The highest BCUT2D eigenvalue weighted by Gasteiger charge is 2.31. The van der Waals surface area contributed by atoms with Crippen LogP contribution in [0.1, 0.15) is 21.6 Å². The summed E-state index contributed by atoms with van der Waals surface area (Å²) in [7, 11) is 1.74. The van der Waals surface area contributed by atoms with E-state index in [1.165, 1.54) is 12.1 Å². The van der Waals surface area contributed by atoms with Gasteiger partial charge in [0.05, 0.1) is 10.0 Å². The van der Waals surface area contributed by atoms with E-state index in [0.717, 1.165) is 6.07 Å². The summed E-state index contributed by atoms with van der Waals surface area (Å²) in [6, 6.07) is 5.38. The number of amides is 1. The van der Waals surface area contributed by atoms with Crippen LogP contribution >= 0.6 is 15.9 Å². The van der Waals surface area contributed by atoms with Crippen molar-refractivity contribution < 1.29 is 18.0 Å². The van der Waals surface area contributed by atoms with Crippen molar-refractivity contribution in [1.29, 1.82) is 0 Å². The van der Waals surface area contributed by atoms with Gasteiger partial charge in [0, 0.05) is 46.0 Å². The van der Waals surface area contributed by atoms with Crippen molar-refractivity contribution >= 4 is 21.8 Å². The molecule has 0 aliphatic carbocycles. The summed E-state index contributed by atoms with van der Waals surface area (Å²) in [5, 5.41) is 4.16. The normalized spacial score (nSPS) is 16.1. The molecule has 1 saturated heterocycles. The average molecular weight is 431 g/mol. The Bertz CT molecular complexity index is 798. The standard InChI is InChI=1S/C17H18BrF3N4O/c1-23-11-14(18)15(22-23)16(26)25-7-5-24(6-8-25)10-12-3-2-4-13(9-12)17(19,20)21/h2-4,9,11H,5-8,10H2,1H3. The Labute approximate surface area is 157 Å². The molecule has 0 spiro atoms. The fraction of sp³-hybridized carbons (Fsp3) is 0.412. The van der Waals surface area contributed by atoms with E-state index in [0.29, 0.717) is 48.5 Å². The molecule has 5 nitrogen and oxygen atoms in total. The van der Waals surface area contributed by atoms with Crippen LogP contribution in [0.2, 0.25) is 0 Å². The lowest BCUT2D eigenvalue weighted by Gasteiger charge is -2.34. The predicted octanol–water partition coefficient (Wildman–Crippen LogP) is 3.16. The highest BCUT2D eigenvalue weighted by Crippen LogP contribution is 2.29. The average Bonchev–Trinajstić information content (AvgIpc) is 2.93. The van der Waals surface area contributed by atoms with Crippen LogP contribution in [0.25, 0.3) is 0 Å². The van der Waals surface area contributed by atoms with Crippen LogP contribution in [0.3, 0.4) is 0 Å². The first kappa shape index (κ1) is 18.9. The number of aromatic nitrogens is 2. The first-order valence-electron chi connectivity index (χ1n) is 8.11. The van der Waals surface area contributed by atoms with Crippen molar-refractivity contribution in [2.45, 2.75) is 12.7 Å². The van der Waals surface area contributed by atoms with Crippen molar-refractivity contribution in [2.75, 3.05) is 26.2 Å². The Morgan fingerprint density at radius 3 is 2.50 bits per heavy atom. The van der Waals surface area contributed by atoms with E-state index in [4.69, 9.17) is 0 Å². The summed E-state index contributed by atoms with van der Waals surface area (Å²) in [6.45, 7) is 2.67. The van der Waals surface area contributed by atoms with E-state index >= 15 is 0 Å². The van der Waals surface area contributed by atoms with Crippen LogP contribution in [0.15, 0.2) is 34.9 Å². The Kier molecular flexibility index (Phi) is 5.38. The lowest BCUT2D eigenvalue weighted by atomic mass is 10.1. The summed E-state index contributed by atoms with van der Waals surface area (Å²) in [5.41, 5.74) is 0.356. The fourth-order valence-electron chi connectivity index (χ4n) is 2.97. The van der Waals surface area contributed by atoms with Crippen molar-refractivity contribution in [3.05, 3.63) is 51.8 Å². The SMILES string of the molecule is Cn1cc(Br)c(C(=O)N2CCN(Cc3cccc(C(F)(F)F)c3)CC2)n1. The molecule has 1 fully saturated rings. The lowest BCUT2D eigenvalue weighted by Crippen LogP contribution is -2.48. The number of carbonyl (C=O) groups is 1. The molecule has 0 bridgehead atoms.